The van der Waals surface area contributed by atoms with Gasteiger partial charge < -0.3 is 10.1 Å². The summed E-state index contributed by atoms with van der Waals surface area (Å²) < 4.78 is 5.85. The first-order chi connectivity index (χ1) is 9.70. The molecule has 0 bridgehead atoms. The monoisotopic (exact) mass is 270 g/mol. The first kappa shape index (κ1) is 14.5. The summed E-state index contributed by atoms with van der Waals surface area (Å²) in [4.78, 5) is 4.62. The van der Waals surface area contributed by atoms with E-state index < -0.39 is 0 Å². The Hall–Kier alpha value is -1.87. The zero-order chi connectivity index (χ0) is 14.4. The third kappa shape index (κ3) is 3.81. The van der Waals surface area contributed by atoms with Crippen LogP contribution in [0.4, 0.5) is 0 Å². The van der Waals surface area contributed by atoms with Crippen molar-refractivity contribution >= 4 is 10.8 Å². The molecule has 0 amide bonds. The maximum absolute atomic E-state index is 5.85. The van der Waals surface area contributed by atoms with E-state index >= 15 is 0 Å². The average molecular weight is 270 g/mol. The van der Waals surface area contributed by atoms with Gasteiger partial charge in [0.05, 0.1) is 12.3 Å². The molecular weight excluding hydrogens is 248 g/mol. The first-order valence-corrected chi connectivity index (χ1v) is 7.07. The standard InChI is InChI=1S/C17H22N2O/c1-4-18-12-15-11-14-7-5-6-8-16(14)17(19-15)20-10-9-13(2)3/h5-8,11,18H,2,4,9-10,12H2,1,3H3. The Labute approximate surface area is 120 Å². The normalized spacial score (nSPS) is 10.7. The average Bonchev–Trinajstić information content (AvgIpc) is 2.44. The molecule has 0 aliphatic rings. The van der Waals surface area contributed by atoms with Gasteiger partial charge in [-0.2, -0.15) is 0 Å². The van der Waals surface area contributed by atoms with Crippen molar-refractivity contribution in [2.75, 3.05) is 13.2 Å². The molecule has 0 atom stereocenters. The molecule has 3 heteroatoms. The molecule has 0 aliphatic carbocycles. The van der Waals surface area contributed by atoms with Gasteiger partial charge in [-0.05, 0) is 31.0 Å². The molecule has 1 aromatic heterocycles. The van der Waals surface area contributed by atoms with E-state index in [1.54, 1.807) is 0 Å². The van der Waals surface area contributed by atoms with Crippen LogP contribution in [0.5, 0.6) is 5.88 Å². The van der Waals surface area contributed by atoms with Crippen LogP contribution in [0.2, 0.25) is 0 Å². The lowest BCUT2D eigenvalue weighted by molar-refractivity contribution is 0.312. The number of benzene rings is 1. The number of ether oxygens (including phenoxy) is 1. The van der Waals surface area contributed by atoms with Gasteiger partial charge in [0.25, 0.3) is 0 Å². The van der Waals surface area contributed by atoms with Crippen molar-refractivity contribution in [3.8, 4) is 5.88 Å². The quantitative estimate of drug-likeness (QED) is 0.779. The second-order valence-corrected chi connectivity index (χ2v) is 4.98. The SMILES string of the molecule is C=C(C)CCOc1nc(CNCC)cc2ccccc12. The molecule has 0 radical (unpaired) electrons. The number of nitrogens with one attached hydrogen (secondary N) is 1. The maximum atomic E-state index is 5.85. The Kier molecular flexibility index (Phi) is 5.13. The van der Waals surface area contributed by atoms with Crippen LogP contribution >= 0.6 is 0 Å². The summed E-state index contributed by atoms with van der Waals surface area (Å²) in [6, 6.07) is 10.3. The zero-order valence-corrected chi connectivity index (χ0v) is 12.3. The summed E-state index contributed by atoms with van der Waals surface area (Å²) >= 11 is 0. The van der Waals surface area contributed by atoms with Crippen LogP contribution in [0.3, 0.4) is 0 Å². The van der Waals surface area contributed by atoms with Crippen LogP contribution in [-0.2, 0) is 6.54 Å². The Morgan fingerprint density at radius 3 is 2.90 bits per heavy atom. The highest BCUT2D eigenvalue weighted by molar-refractivity contribution is 5.87. The van der Waals surface area contributed by atoms with E-state index in [-0.39, 0.29) is 0 Å². The van der Waals surface area contributed by atoms with E-state index in [9.17, 15) is 0 Å². The summed E-state index contributed by atoms with van der Waals surface area (Å²) in [6.45, 7) is 10.3. The van der Waals surface area contributed by atoms with Crippen LogP contribution in [0.1, 0.15) is 26.0 Å². The molecule has 1 N–H and O–H groups in total. The van der Waals surface area contributed by atoms with Gasteiger partial charge in [0.15, 0.2) is 0 Å². The highest BCUT2D eigenvalue weighted by Crippen LogP contribution is 2.24. The first-order valence-electron chi connectivity index (χ1n) is 7.07. The summed E-state index contributed by atoms with van der Waals surface area (Å²) in [5, 5.41) is 5.53. The summed E-state index contributed by atoms with van der Waals surface area (Å²) in [5.41, 5.74) is 2.13. The van der Waals surface area contributed by atoms with Crippen molar-refractivity contribution in [2.24, 2.45) is 0 Å². The molecule has 0 unspecified atom stereocenters. The Balaban J connectivity index is 2.26. The van der Waals surface area contributed by atoms with Crippen molar-refractivity contribution in [3.05, 3.63) is 48.2 Å². The Bertz CT molecular complexity index is 593. The van der Waals surface area contributed by atoms with Crippen molar-refractivity contribution in [3.63, 3.8) is 0 Å². The van der Waals surface area contributed by atoms with Gasteiger partial charge in [0.1, 0.15) is 0 Å². The second-order valence-electron chi connectivity index (χ2n) is 4.98. The van der Waals surface area contributed by atoms with E-state index in [4.69, 9.17) is 4.74 Å². The fraction of sp³-hybridized carbons (Fsp3) is 0.353. The molecule has 0 saturated heterocycles. The van der Waals surface area contributed by atoms with Crippen molar-refractivity contribution < 1.29 is 4.74 Å². The maximum Gasteiger partial charge on any atom is 0.221 e. The fourth-order valence-corrected chi connectivity index (χ4v) is 2.00. The van der Waals surface area contributed by atoms with Crippen molar-refractivity contribution in [1.29, 1.82) is 0 Å². The molecule has 1 heterocycles. The molecule has 0 fully saturated rings. The van der Waals surface area contributed by atoms with Gasteiger partial charge in [-0.1, -0.05) is 30.7 Å². The number of rotatable bonds is 7. The van der Waals surface area contributed by atoms with Crippen LogP contribution < -0.4 is 10.1 Å². The van der Waals surface area contributed by atoms with Gasteiger partial charge in [0, 0.05) is 18.4 Å². The number of pyridine rings is 1. The third-order valence-electron chi connectivity index (χ3n) is 3.08. The van der Waals surface area contributed by atoms with Crippen LogP contribution in [0.25, 0.3) is 10.8 Å². The summed E-state index contributed by atoms with van der Waals surface area (Å²) in [7, 11) is 0. The smallest absolute Gasteiger partial charge is 0.221 e. The predicted octanol–water partition coefficient (Wildman–Crippen LogP) is 3.69. The topological polar surface area (TPSA) is 34.1 Å². The minimum Gasteiger partial charge on any atom is -0.477 e. The Morgan fingerprint density at radius 2 is 2.15 bits per heavy atom. The molecule has 0 aliphatic heterocycles. The lowest BCUT2D eigenvalue weighted by Gasteiger charge is -2.11. The largest absolute Gasteiger partial charge is 0.477 e. The van der Waals surface area contributed by atoms with E-state index in [2.05, 4.69) is 42.0 Å². The second kappa shape index (κ2) is 7.06. The van der Waals surface area contributed by atoms with Gasteiger partial charge in [-0.15, -0.1) is 6.58 Å². The number of fused-ring (bicyclic) bond motifs is 1. The number of hydrogen-bond donors (Lipinski definition) is 1. The van der Waals surface area contributed by atoms with Gasteiger partial charge in [-0.25, -0.2) is 4.98 Å². The molecule has 1 aromatic carbocycles. The number of nitrogens with zero attached hydrogens (tertiary/aromatic N) is 1. The van der Waals surface area contributed by atoms with Gasteiger partial charge >= 0.3 is 0 Å². The highest BCUT2D eigenvalue weighted by Gasteiger charge is 2.06. The molecule has 2 aromatic rings. The predicted molar refractivity (Wildman–Crippen MR) is 84.0 cm³/mol. The van der Waals surface area contributed by atoms with Gasteiger partial charge in [-0.3, -0.25) is 0 Å². The fourth-order valence-electron chi connectivity index (χ4n) is 2.00. The van der Waals surface area contributed by atoms with Crippen LogP contribution in [-0.4, -0.2) is 18.1 Å². The van der Waals surface area contributed by atoms with E-state index in [1.165, 1.54) is 5.39 Å². The van der Waals surface area contributed by atoms with E-state index in [0.717, 1.165) is 42.0 Å². The molecule has 106 valence electrons. The van der Waals surface area contributed by atoms with E-state index in [1.807, 2.05) is 19.1 Å². The van der Waals surface area contributed by atoms with Crippen LogP contribution in [0.15, 0.2) is 42.5 Å². The van der Waals surface area contributed by atoms with Gasteiger partial charge in [0.2, 0.25) is 5.88 Å². The number of aromatic nitrogens is 1. The molecular formula is C17H22N2O. The minimum atomic E-state index is 0.622. The third-order valence-corrected chi connectivity index (χ3v) is 3.08. The molecule has 3 nitrogen and oxygen atoms in total. The molecule has 20 heavy (non-hydrogen) atoms. The summed E-state index contributed by atoms with van der Waals surface area (Å²) in [6.07, 6.45) is 0.855. The van der Waals surface area contributed by atoms with Crippen molar-refractivity contribution in [1.82, 2.24) is 10.3 Å². The van der Waals surface area contributed by atoms with Crippen molar-refractivity contribution in [2.45, 2.75) is 26.8 Å². The van der Waals surface area contributed by atoms with Crippen LogP contribution in [0, 0.1) is 0 Å². The minimum absolute atomic E-state index is 0.622. The molecule has 0 saturated carbocycles. The number of hydrogen-bond acceptors (Lipinski definition) is 3. The molecule has 0 spiro atoms. The lowest BCUT2D eigenvalue weighted by atomic mass is 10.1. The summed E-state index contributed by atoms with van der Waals surface area (Å²) in [5.74, 6) is 0.720. The van der Waals surface area contributed by atoms with E-state index in [0.29, 0.717) is 6.61 Å². The zero-order valence-electron chi connectivity index (χ0n) is 12.3. The highest BCUT2D eigenvalue weighted by atomic mass is 16.5. The Morgan fingerprint density at radius 1 is 1.35 bits per heavy atom. The molecule has 2 rings (SSSR count). The lowest BCUT2D eigenvalue weighted by Crippen LogP contribution is -2.13.